The molecule has 1 aromatic carbocycles. The number of amides is 1. The van der Waals surface area contributed by atoms with Crippen LogP contribution < -0.4 is 5.48 Å². The molecular formula is C8H9NO3. The monoisotopic (exact) mass is 167 g/mol. The Morgan fingerprint density at radius 1 is 1.42 bits per heavy atom. The Bertz CT molecular complexity index is 285. The van der Waals surface area contributed by atoms with E-state index in [1.807, 2.05) is 0 Å². The van der Waals surface area contributed by atoms with Crippen LogP contribution in [0.5, 0.6) is 5.75 Å². The van der Waals surface area contributed by atoms with Gasteiger partial charge in [-0.1, -0.05) is 18.2 Å². The largest absolute Gasteiger partial charge is 0.508 e. The summed E-state index contributed by atoms with van der Waals surface area (Å²) in [6.07, 6.45) is -0.0246. The Morgan fingerprint density at radius 2 is 2.08 bits per heavy atom. The van der Waals surface area contributed by atoms with Crippen LogP contribution in [0.25, 0.3) is 0 Å². The van der Waals surface area contributed by atoms with Crippen LogP contribution in [-0.2, 0) is 11.2 Å². The van der Waals surface area contributed by atoms with Crippen molar-refractivity contribution in [2.24, 2.45) is 0 Å². The van der Waals surface area contributed by atoms with Crippen LogP contribution in [0.4, 0.5) is 0 Å². The maximum absolute atomic E-state index is 10.7. The number of carbonyl (C=O) groups excluding carboxylic acids is 1. The molecule has 12 heavy (non-hydrogen) atoms. The van der Waals surface area contributed by atoms with Gasteiger partial charge in [0.1, 0.15) is 5.75 Å². The predicted molar refractivity (Wildman–Crippen MR) is 41.7 cm³/mol. The standard InChI is InChI=1S/C8H9NO3/c10-7-4-2-1-3-6(7)5-8(11)9-12/h1-4,10,12H,5H2,(H,9,11). The van der Waals surface area contributed by atoms with Crippen LogP contribution in [0, 0.1) is 0 Å². The Morgan fingerprint density at radius 3 is 2.67 bits per heavy atom. The van der Waals surface area contributed by atoms with Crippen molar-refractivity contribution in [3.8, 4) is 5.75 Å². The van der Waals surface area contributed by atoms with E-state index in [0.717, 1.165) is 0 Å². The summed E-state index contributed by atoms with van der Waals surface area (Å²) >= 11 is 0. The van der Waals surface area contributed by atoms with E-state index in [0.29, 0.717) is 5.56 Å². The van der Waals surface area contributed by atoms with E-state index in [-0.39, 0.29) is 12.2 Å². The number of phenols is 1. The van der Waals surface area contributed by atoms with Gasteiger partial charge in [0.2, 0.25) is 5.91 Å². The summed E-state index contributed by atoms with van der Waals surface area (Å²) in [4.78, 5) is 10.7. The van der Waals surface area contributed by atoms with Crippen molar-refractivity contribution in [3.63, 3.8) is 0 Å². The van der Waals surface area contributed by atoms with Crippen molar-refractivity contribution in [2.45, 2.75) is 6.42 Å². The SMILES string of the molecule is O=C(Cc1ccccc1O)NO. The van der Waals surface area contributed by atoms with E-state index in [9.17, 15) is 9.90 Å². The van der Waals surface area contributed by atoms with Crippen molar-refractivity contribution < 1.29 is 15.1 Å². The maximum atomic E-state index is 10.7. The third-order valence-corrected chi connectivity index (χ3v) is 1.47. The molecule has 0 aliphatic rings. The summed E-state index contributed by atoms with van der Waals surface area (Å²) in [7, 11) is 0. The van der Waals surface area contributed by atoms with Gasteiger partial charge >= 0.3 is 0 Å². The number of hydrogen-bond acceptors (Lipinski definition) is 3. The Kier molecular flexibility index (Phi) is 2.66. The first-order valence-electron chi connectivity index (χ1n) is 3.44. The highest BCUT2D eigenvalue weighted by Crippen LogP contribution is 2.15. The Balaban J connectivity index is 2.75. The van der Waals surface area contributed by atoms with Gasteiger partial charge in [-0.05, 0) is 6.07 Å². The molecule has 1 amide bonds. The van der Waals surface area contributed by atoms with E-state index in [1.165, 1.54) is 11.5 Å². The number of hydrogen-bond donors (Lipinski definition) is 3. The molecule has 1 aromatic rings. The molecule has 1 rings (SSSR count). The van der Waals surface area contributed by atoms with E-state index < -0.39 is 5.91 Å². The molecule has 0 unspecified atom stereocenters. The van der Waals surface area contributed by atoms with Crippen LogP contribution in [0.3, 0.4) is 0 Å². The zero-order valence-corrected chi connectivity index (χ0v) is 6.32. The zero-order valence-electron chi connectivity index (χ0n) is 6.32. The summed E-state index contributed by atoms with van der Waals surface area (Å²) in [6.45, 7) is 0. The van der Waals surface area contributed by atoms with Gasteiger partial charge in [-0.25, -0.2) is 5.48 Å². The van der Waals surface area contributed by atoms with Crippen molar-refractivity contribution in [2.75, 3.05) is 0 Å². The van der Waals surface area contributed by atoms with E-state index in [2.05, 4.69) is 0 Å². The van der Waals surface area contributed by atoms with Crippen LogP contribution in [0.2, 0.25) is 0 Å². The lowest BCUT2D eigenvalue weighted by Gasteiger charge is -2.01. The summed E-state index contributed by atoms with van der Waals surface area (Å²) < 4.78 is 0. The number of nitrogens with one attached hydrogen (secondary N) is 1. The summed E-state index contributed by atoms with van der Waals surface area (Å²) in [6, 6.07) is 6.47. The van der Waals surface area contributed by atoms with E-state index in [1.54, 1.807) is 18.2 Å². The van der Waals surface area contributed by atoms with Crippen molar-refractivity contribution in [1.29, 1.82) is 0 Å². The molecule has 0 fully saturated rings. The number of para-hydroxylation sites is 1. The van der Waals surface area contributed by atoms with Gasteiger partial charge in [0.15, 0.2) is 0 Å². The summed E-state index contributed by atoms with van der Waals surface area (Å²) in [5, 5.41) is 17.4. The minimum absolute atomic E-state index is 0.0246. The quantitative estimate of drug-likeness (QED) is 0.442. The van der Waals surface area contributed by atoms with Gasteiger partial charge in [-0.15, -0.1) is 0 Å². The second kappa shape index (κ2) is 3.73. The molecule has 0 bridgehead atoms. The first-order chi connectivity index (χ1) is 5.74. The second-order valence-electron chi connectivity index (χ2n) is 2.34. The lowest BCUT2D eigenvalue weighted by Crippen LogP contribution is -2.20. The third-order valence-electron chi connectivity index (χ3n) is 1.47. The topological polar surface area (TPSA) is 69.6 Å². The van der Waals surface area contributed by atoms with Crippen LogP contribution in [-0.4, -0.2) is 16.2 Å². The molecule has 0 saturated carbocycles. The van der Waals surface area contributed by atoms with Crippen LogP contribution in [0.15, 0.2) is 24.3 Å². The fourth-order valence-electron chi connectivity index (χ4n) is 0.873. The molecule has 4 nitrogen and oxygen atoms in total. The summed E-state index contributed by atoms with van der Waals surface area (Å²) in [5.74, 6) is -0.488. The van der Waals surface area contributed by atoms with Crippen molar-refractivity contribution in [3.05, 3.63) is 29.8 Å². The highest BCUT2D eigenvalue weighted by atomic mass is 16.5. The lowest BCUT2D eigenvalue weighted by atomic mass is 10.1. The number of aromatic hydroxyl groups is 1. The Hall–Kier alpha value is -1.55. The number of rotatable bonds is 2. The molecule has 0 aliphatic carbocycles. The zero-order chi connectivity index (χ0) is 8.97. The van der Waals surface area contributed by atoms with Crippen LogP contribution >= 0.6 is 0 Å². The van der Waals surface area contributed by atoms with Crippen molar-refractivity contribution >= 4 is 5.91 Å². The molecule has 4 heteroatoms. The Labute approximate surface area is 69.4 Å². The molecule has 3 N–H and O–H groups in total. The highest BCUT2D eigenvalue weighted by Gasteiger charge is 2.04. The van der Waals surface area contributed by atoms with E-state index >= 15 is 0 Å². The van der Waals surface area contributed by atoms with Gasteiger partial charge in [0.05, 0.1) is 6.42 Å². The first-order valence-corrected chi connectivity index (χ1v) is 3.44. The second-order valence-corrected chi connectivity index (χ2v) is 2.34. The fourth-order valence-corrected chi connectivity index (χ4v) is 0.873. The molecule has 0 heterocycles. The fraction of sp³-hybridized carbons (Fsp3) is 0.125. The summed E-state index contributed by atoms with van der Waals surface area (Å²) in [5.41, 5.74) is 1.98. The molecular weight excluding hydrogens is 158 g/mol. The van der Waals surface area contributed by atoms with Gasteiger partial charge in [-0.2, -0.15) is 0 Å². The number of hydroxylamine groups is 1. The molecule has 0 aliphatic heterocycles. The molecule has 64 valence electrons. The first kappa shape index (κ1) is 8.55. The van der Waals surface area contributed by atoms with Gasteiger partial charge < -0.3 is 5.11 Å². The van der Waals surface area contributed by atoms with Gasteiger partial charge in [0.25, 0.3) is 0 Å². The number of carbonyl (C=O) groups is 1. The minimum Gasteiger partial charge on any atom is -0.508 e. The van der Waals surface area contributed by atoms with Gasteiger partial charge in [0, 0.05) is 5.56 Å². The van der Waals surface area contributed by atoms with Crippen molar-refractivity contribution in [1.82, 2.24) is 5.48 Å². The molecule has 0 aromatic heterocycles. The lowest BCUT2D eigenvalue weighted by molar-refractivity contribution is -0.128. The third kappa shape index (κ3) is 1.96. The molecule has 0 spiro atoms. The van der Waals surface area contributed by atoms with E-state index in [4.69, 9.17) is 5.21 Å². The average Bonchev–Trinajstić information content (AvgIpc) is 2.09. The van der Waals surface area contributed by atoms with Gasteiger partial charge in [-0.3, -0.25) is 10.0 Å². The maximum Gasteiger partial charge on any atom is 0.247 e. The van der Waals surface area contributed by atoms with Crippen LogP contribution in [0.1, 0.15) is 5.56 Å². The molecule has 0 atom stereocenters. The molecule has 0 radical (unpaired) electrons. The normalized spacial score (nSPS) is 9.42. The number of benzene rings is 1. The molecule has 0 saturated heterocycles. The average molecular weight is 167 g/mol. The minimum atomic E-state index is -0.545. The highest BCUT2D eigenvalue weighted by molar-refractivity contribution is 5.78. The smallest absolute Gasteiger partial charge is 0.247 e. The predicted octanol–water partition coefficient (Wildman–Crippen LogP) is 0.440. The number of phenolic OH excluding ortho intramolecular Hbond substituents is 1.